The number of nitrogens with zero attached hydrogens (tertiary/aromatic N) is 1. The molecule has 0 saturated carbocycles. The van der Waals surface area contributed by atoms with Gasteiger partial charge in [-0.25, -0.2) is 0 Å². The minimum atomic E-state index is 0. The van der Waals surface area contributed by atoms with E-state index in [1.54, 1.807) is 0 Å². The molecule has 226 valence electrons. The highest BCUT2D eigenvalue weighted by atomic mass is 35.5. The van der Waals surface area contributed by atoms with Crippen molar-refractivity contribution in [3.05, 3.63) is 37.1 Å². The van der Waals surface area contributed by atoms with Gasteiger partial charge in [0.25, 0.3) is 0 Å². The van der Waals surface area contributed by atoms with E-state index < -0.39 is 0 Å². The summed E-state index contributed by atoms with van der Waals surface area (Å²) in [5.41, 5.74) is 0. The lowest BCUT2D eigenvalue weighted by atomic mass is 10.1. The van der Waals surface area contributed by atoms with Crippen LogP contribution >= 0.6 is 0 Å². The van der Waals surface area contributed by atoms with E-state index in [2.05, 4.69) is 47.3 Å². The van der Waals surface area contributed by atoms with Gasteiger partial charge in [0.15, 0.2) is 6.10 Å². The number of rotatable bonds is 29. The summed E-state index contributed by atoms with van der Waals surface area (Å²) < 4.78 is 13.7. The van der Waals surface area contributed by atoms with E-state index >= 15 is 0 Å². The van der Waals surface area contributed by atoms with Gasteiger partial charge in [-0.3, -0.25) is 0 Å². The fraction of sp³-hybridized carbons (Fsp3) is 0.824. The molecule has 3 nitrogen and oxygen atoms in total. The van der Waals surface area contributed by atoms with Gasteiger partial charge in [0.2, 0.25) is 0 Å². The molecule has 0 saturated heterocycles. The first-order valence-corrected chi connectivity index (χ1v) is 15.9. The van der Waals surface area contributed by atoms with Crippen molar-refractivity contribution >= 4 is 0 Å². The third-order valence-electron chi connectivity index (χ3n) is 6.83. The van der Waals surface area contributed by atoms with Crippen LogP contribution in [0.15, 0.2) is 37.1 Å². The van der Waals surface area contributed by atoms with Crippen molar-refractivity contribution in [2.75, 3.05) is 40.9 Å². The molecule has 0 aromatic carbocycles. The van der Waals surface area contributed by atoms with Crippen LogP contribution in [0.25, 0.3) is 0 Å². The molecule has 0 aromatic rings. The molecule has 0 rings (SSSR count). The lowest BCUT2D eigenvalue weighted by Crippen LogP contribution is -3.00. The summed E-state index contributed by atoms with van der Waals surface area (Å²) in [6, 6.07) is 0. The molecule has 0 heterocycles. The summed E-state index contributed by atoms with van der Waals surface area (Å²) in [6.07, 6.45) is 31.8. The fourth-order valence-electron chi connectivity index (χ4n) is 4.70. The number of quaternary nitrogens is 1. The van der Waals surface area contributed by atoms with Crippen LogP contribution in [-0.4, -0.2) is 51.5 Å². The first-order valence-electron chi connectivity index (χ1n) is 15.9. The van der Waals surface area contributed by atoms with E-state index in [1.165, 1.54) is 102 Å². The molecular weight excluding hydrogens is 490 g/mol. The molecule has 4 heteroatoms. The standard InChI is InChI=1S/C34H66NO2.ClH/c1-7-10-13-16-19-21-24-27-30-36-32-34(31-35(4,5)6)37-33(28-25-22-18-15-12-9-3)29-26-23-20-17-14-11-8-2;/h7-8,29,34H,1-2,9-28,30-32H2,3-6H3;1H/q+1;/p-1/b33-29+;. The quantitative estimate of drug-likeness (QED) is 0.0421. The van der Waals surface area contributed by atoms with Crippen molar-refractivity contribution in [2.45, 2.75) is 141 Å². The Hall–Kier alpha value is -0.770. The minimum absolute atomic E-state index is 0. The Morgan fingerprint density at radius 1 is 0.684 bits per heavy atom. The van der Waals surface area contributed by atoms with Gasteiger partial charge < -0.3 is 26.4 Å². The number of allylic oxidation sites excluding steroid dienone is 4. The second kappa shape index (κ2) is 29.2. The smallest absolute Gasteiger partial charge is 0.170 e. The number of ether oxygens (including phenoxy) is 2. The van der Waals surface area contributed by atoms with Crippen molar-refractivity contribution in [1.82, 2.24) is 0 Å². The Balaban J connectivity index is 0. The number of hydrogen-bond acceptors (Lipinski definition) is 2. The molecule has 0 fully saturated rings. The summed E-state index contributed by atoms with van der Waals surface area (Å²) >= 11 is 0. The first-order chi connectivity index (χ1) is 17.9. The Labute approximate surface area is 245 Å². The molecule has 0 aliphatic rings. The molecule has 0 N–H and O–H groups in total. The zero-order valence-electron chi connectivity index (χ0n) is 26.1. The SMILES string of the molecule is C=CCCCCCC/C=C(\CCCCCCCC)OC(COCCCCCCCCC=C)C[N+](C)(C)C.[Cl-]. The Morgan fingerprint density at radius 3 is 1.74 bits per heavy atom. The Kier molecular flexibility index (Phi) is 30.3. The molecule has 38 heavy (non-hydrogen) atoms. The number of likely N-dealkylation sites (N-methyl/N-ethyl adjacent to an activating group) is 1. The average molecular weight is 556 g/mol. The predicted octanol–water partition coefficient (Wildman–Crippen LogP) is 7.18. The van der Waals surface area contributed by atoms with Gasteiger partial charge in [-0.2, -0.15) is 0 Å². The molecule has 0 aromatic heterocycles. The van der Waals surface area contributed by atoms with Crippen LogP contribution in [0.4, 0.5) is 0 Å². The average Bonchev–Trinajstić information content (AvgIpc) is 2.85. The summed E-state index contributed by atoms with van der Waals surface area (Å²) in [4.78, 5) is 0. The third kappa shape index (κ3) is 29.8. The van der Waals surface area contributed by atoms with E-state index in [1.807, 2.05) is 12.2 Å². The van der Waals surface area contributed by atoms with E-state index in [-0.39, 0.29) is 18.5 Å². The predicted molar refractivity (Wildman–Crippen MR) is 165 cm³/mol. The first kappa shape index (κ1) is 39.4. The van der Waals surface area contributed by atoms with E-state index in [9.17, 15) is 0 Å². The zero-order valence-corrected chi connectivity index (χ0v) is 26.9. The number of hydrogen-bond donors (Lipinski definition) is 0. The van der Waals surface area contributed by atoms with Gasteiger partial charge in [-0.15, -0.1) is 13.2 Å². The molecular formula is C34H66ClNO2. The van der Waals surface area contributed by atoms with Crippen LogP contribution in [0.1, 0.15) is 135 Å². The molecule has 1 unspecified atom stereocenters. The van der Waals surface area contributed by atoms with Crippen molar-refractivity contribution in [1.29, 1.82) is 0 Å². The normalized spacial score (nSPS) is 12.7. The van der Waals surface area contributed by atoms with E-state index in [0.717, 1.165) is 49.7 Å². The van der Waals surface area contributed by atoms with Gasteiger partial charge >= 0.3 is 0 Å². The molecule has 0 aliphatic heterocycles. The topological polar surface area (TPSA) is 18.5 Å². The molecule has 1 atom stereocenters. The lowest BCUT2D eigenvalue weighted by molar-refractivity contribution is -0.873. The number of unbranched alkanes of at least 4 members (excludes halogenated alkanes) is 16. The van der Waals surface area contributed by atoms with Gasteiger partial charge in [-0.1, -0.05) is 89.7 Å². The van der Waals surface area contributed by atoms with Crippen molar-refractivity contribution in [2.24, 2.45) is 0 Å². The summed E-state index contributed by atoms with van der Waals surface area (Å²) in [5, 5.41) is 0. The molecule has 0 amide bonds. The summed E-state index contributed by atoms with van der Waals surface area (Å²) in [5.74, 6) is 1.21. The lowest BCUT2D eigenvalue weighted by Gasteiger charge is -2.30. The second-order valence-corrected chi connectivity index (χ2v) is 12.0. The molecule has 0 spiro atoms. The molecule has 0 bridgehead atoms. The van der Waals surface area contributed by atoms with Crippen LogP contribution < -0.4 is 12.4 Å². The van der Waals surface area contributed by atoms with Crippen molar-refractivity contribution in [3.63, 3.8) is 0 Å². The third-order valence-corrected chi connectivity index (χ3v) is 6.83. The van der Waals surface area contributed by atoms with Crippen LogP contribution in [0.3, 0.4) is 0 Å². The maximum atomic E-state index is 6.68. The minimum Gasteiger partial charge on any atom is -1.00 e. The highest BCUT2D eigenvalue weighted by molar-refractivity contribution is 4.94. The van der Waals surface area contributed by atoms with E-state index in [0.29, 0.717) is 6.61 Å². The van der Waals surface area contributed by atoms with Crippen molar-refractivity contribution in [3.8, 4) is 0 Å². The Morgan fingerprint density at radius 2 is 1.18 bits per heavy atom. The van der Waals surface area contributed by atoms with Crippen LogP contribution in [0.2, 0.25) is 0 Å². The van der Waals surface area contributed by atoms with Crippen LogP contribution in [0.5, 0.6) is 0 Å². The zero-order chi connectivity index (χ0) is 27.5. The second-order valence-electron chi connectivity index (χ2n) is 12.0. The monoisotopic (exact) mass is 555 g/mol. The largest absolute Gasteiger partial charge is 1.00 e. The van der Waals surface area contributed by atoms with E-state index in [4.69, 9.17) is 9.47 Å². The fourth-order valence-corrected chi connectivity index (χ4v) is 4.70. The van der Waals surface area contributed by atoms with Gasteiger partial charge in [0.05, 0.1) is 33.5 Å². The summed E-state index contributed by atoms with van der Waals surface area (Å²) in [6.45, 7) is 12.4. The molecule has 0 radical (unpaired) electrons. The van der Waals surface area contributed by atoms with Gasteiger partial charge in [0, 0.05) is 13.0 Å². The number of halogens is 1. The van der Waals surface area contributed by atoms with Crippen LogP contribution in [-0.2, 0) is 9.47 Å². The van der Waals surface area contributed by atoms with Crippen molar-refractivity contribution < 1.29 is 26.4 Å². The van der Waals surface area contributed by atoms with Gasteiger partial charge in [-0.05, 0) is 57.4 Å². The highest BCUT2D eigenvalue weighted by Gasteiger charge is 2.21. The van der Waals surface area contributed by atoms with Gasteiger partial charge in [0.1, 0.15) is 6.54 Å². The highest BCUT2D eigenvalue weighted by Crippen LogP contribution is 2.18. The summed E-state index contributed by atoms with van der Waals surface area (Å²) in [7, 11) is 6.76. The maximum Gasteiger partial charge on any atom is 0.170 e. The maximum absolute atomic E-state index is 6.68. The van der Waals surface area contributed by atoms with Crippen LogP contribution in [0, 0.1) is 0 Å². The Bertz CT molecular complexity index is 541. The molecule has 0 aliphatic carbocycles.